The minimum atomic E-state index is -0.220. The number of nitrogens with zero attached hydrogens (tertiary/aromatic N) is 2. The molecular formula is C32H45FN2O2. The van der Waals surface area contributed by atoms with Gasteiger partial charge in [-0.2, -0.15) is 0 Å². The fourth-order valence-corrected chi connectivity index (χ4v) is 10.1. The van der Waals surface area contributed by atoms with Crippen molar-refractivity contribution in [2.75, 3.05) is 0 Å². The van der Waals surface area contributed by atoms with Gasteiger partial charge in [0.1, 0.15) is 11.6 Å². The van der Waals surface area contributed by atoms with Crippen LogP contribution in [0.1, 0.15) is 89.9 Å². The van der Waals surface area contributed by atoms with Gasteiger partial charge < -0.3 is 10.2 Å². The number of aromatic nitrogens is 2. The maximum atomic E-state index is 14.4. The Morgan fingerprint density at radius 2 is 1.78 bits per heavy atom. The molecule has 0 saturated heterocycles. The monoisotopic (exact) mass is 508 g/mol. The van der Waals surface area contributed by atoms with Crippen LogP contribution in [0.25, 0.3) is 10.9 Å². The van der Waals surface area contributed by atoms with Crippen LogP contribution in [0.4, 0.5) is 4.39 Å². The summed E-state index contributed by atoms with van der Waals surface area (Å²) in [6.45, 7) is 9.20. The van der Waals surface area contributed by atoms with Crippen molar-refractivity contribution in [2.45, 2.75) is 104 Å². The van der Waals surface area contributed by atoms with Crippen LogP contribution in [0.15, 0.2) is 18.3 Å². The Bertz CT molecular complexity index is 1170. The summed E-state index contributed by atoms with van der Waals surface area (Å²) in [5.41, 5.74) is 1.88. The standard InChI is InChI=1S/C32H45FN2O2/c1-18(6-10-28-34-17-22-26(35-28)9-5-19(2)30(22)33)23-7-8-24-29-25(12-14-32(23,24)4)31(3)13-11-21(36)15-20(31)16-27(29)37/h5,9,17-18,20-21,23-25,27,29,36-37H,6-8,10-16H2,1-4H3/t18-,20+,21-,23-,24+,25?,27+,29+,31+,32-/m1/s1. The SMILES string of the molecule is Cc1ccc2nc(CC[C@@H](C)[C@H]3CC[C@H]4[C@H]5C(CC[C@]34C)[C@@]3(C)CC[C@@H](O)C[C@H]3C[C@@H]5O)ncc2c1F. The predicted octanol–water partition coefficient (Wildman–Crippen LogP) is 6.64. The van der Waals surface area contributed by atoms with E-state index in [1.54, 1.807) is 19.2 Å². The van der Waals surface area contributed by atoms with Crippen LogP contribution >= 0.6 is 0 Å². The van der Waals surface area contributed by atoms with E-state index in [2.05, 4.69) is 30.7 Å². The van der Waals surface area contributed by atoms with Crippen molar-refractivity contribution < 1.29 is 14.6 Å². The molecule has 1 unspecified atom stereocenters. The fourth-order valence-electron chi connectivity index (χ4n) is 10.1. The first-order valence-corrected chi connectivity index (χ1v) is 14.9. The number of aliphatic hydroxyl groups excluding tert-OH is 2. The Balaban J connectivity index is 1.17. The van der Waals surface area contributed by atoms with Gasteiger partial charge in [0.25, 0.3) is 0 Å². The first-order valence-electron chi connectivity index (χ1n) is 14.9. The van der Waals surface area contributed by atoms with Gasteiger partial charge in [-0.3, -0.25) is 0 Å². The van der Waals surface area contributed by atoms with E-state index in [1.165, 1.54) is 25.7 Å². The Hall–Kier alpha value is -1.59. The molecule has 0 bridgehead atoms. The number of aliphatic hydroxyl groups is 2. The Morgan fingerprint density at radius 1 is 1.03 bits per heavy atom. The number of hydrogen-bond donors (Lipinski definition) is 2. The predicted molar refractivity (Wildman–Crippen MR) is 144 cm³/mol. The Labute approximate surface area is 221 Å². The number of fused-ring (bicyclic) bond motifs is 6. The maximum absolute atomic E-state index is 14.4. The molecule has 1 heterocycles. The van der Waals surface area contributed by atoms with Gasteiger partial charge in [0, 0.05) is 12.6 Å². The minimum Gasteiger partial charge on any atom is -0.393 e. The third-order valence-corrected chi connectivity index (χ3v) is 12.2. The van der Waals surface area contributed by atoms with Crippen LogP contribution in [0.2, 0.25) is 0 Å². The van der Waals surface area contributed by atoms with E-state index in [-0.39, 0.29) is 28.9 Å². The highest BCUT2D eigenvalue weighted by atomic mass is 19.1. The summed E-state index contributed by atoms with van der Waals surface area (Å²) in [6.07, 6.45) is 11.9. The first-order chi connectivity index (χ1) is 17.6. The molecule has 0 spiro atoms. The van der Waals surface area contributed by atoms with Gasteiger partial charge in [0.2, 0.25) is 0 Å². The highest BCUT2D eigenvalue weighted by molar-refractivity contribution is 5.79. The van der Waals surface area contributed by atoms with E-state index in [0.717, 1.165) is 44.3 Å². The first kappa shape index (κ1) is 25.7. The lowest BCUT2D eigenvalue weighted by Crippen LogP contribution is -2.58. The topological polar surface area (TPSA) is 66.2 Å². The maximum Gasteiger partial charge on any atom is 0.137 e. The van der Waals surface area contributed by atoms with Crippen molar-refractivity contribution in [1.29, 1.82) is 0 Å². The van der Waals surface area contributed by atoms with Crippen LogP contribution in [-0.2, 0) is 6.42 Å². The van der Waals surface area contributed by atoms with Crippen molar-refractivity contribution in [3.8, 4) is 0 Å². The second-order valence-electron chi connectivity index (χ2n) is 13.9. The molecule has 2 N–H and O–H groups in total. The van der Waals surface area contributed by atoms with Crippen molar-refractivity contribution in [1.82, 2.24) is 9.97 Å². The van der Waals surface area contributed by atoms with Gasteiger partial charge in [-0.1, -0.05) is 26.8 Å². The van der Waals surface area contributed by atoms with E-state index in [9.17, 15) is 14.6 Å². The molecule has 37 heavy (non-hydrogen) atoms. The van der Waals surface area contributed by atoms with Gasteiger partial charge in [-0.15, -0.1) is 0 Å². The molecule has 4 nitrogen and oxygen atoms in total. The van der Waals surface area contributed by atoms with Gasteiger partial charge >= 0.3 is 0 Å². The Morgan fingerprint density at radius 3 is 2.59 bits per heavy atom. The van der Waals surface area contributed by atoms with E-state index in [1.807, 2.05) is 6.07 Å². The normalized spacial score (nSPS) is 42.2. The molecule has 0 amide bonds. The van der Waals surface area contributed by atoms with Crippen LogP contribution in [-0.4, -0.2) is 32.4 Å². The average molecular weight is 509 g/mol. The zero-order valence-electron chi connectivity index (χ0n) is 23.1. The quantitative estimate of drug-likeness (QED) is 0.486. The molecular weight excluding hydrogens is 463 g/mol. The highest BCUT2D eigenvalue weighted by Crippen LogP contribution is 2.68. The number of halogens is 1. The molecule has 0 aliphatic heterocycles. The summed E-state index contributed by atoms with van der Waals surface area (Å²) in [5, 5.41) is 22.3. The van der Waals surface area contributed by atoms with Gasteiger partial charge in [-0.25, -0.2) is 14.4 Å². The summed E-state index contributed by atoms with van der Waals surface area (Å²) >= 11 is 0. The highest BCUT2D eigenvalue weighted by Gasteiger charge is 2.62. The molecule has 202 valence electrons. The van der Waals surface area contributed by atoms with E-state index >= 15 is 0 Å². The number of hydrogen-bond acceptors (Lipinski definition) is 4. The second kappa shape index (κ2) is 9.26. The summed E-state index contributed by atoms with van der Waals surface area (Å²) in [5.74, 6) is 3.89. The fraction of sp³-hybridized carbons (Fsp3) is 0.750. The number of rotatable bonds is 4. The number of benzene rings is 1. The van der Waals surface area contributed by atoms with Gasteiger partial charge in [0.05, 0.1) is 23.1 Å². The molecule has 4 aliphatic carbocycles. The van der Waals surface area contributed by atoms with Crippen molar-refractivity contribution in [2.24, 2.45) is 46.3 Å². The summed E-state index contributed by atoms with van der Waals surface area (Å²) < 4.78 is 14.4. The van der Waals surface area contributed by atoms with E-state index in [4.69, 9.17) is 0 Å². The van der Waals surface area contributed by atoms with E-state index in [0.29, 0.717) is 52.0 Å². The summed E-state index contributed by atoms with van der Waals surface area (Å²) in [7, 11) is 0. The van der Waals surface area contributed by atoms with Crippen LogP contribution < -0.4 is 0 Å². The average Bonchev–Trinajstić information content (AvgIpc) is 3.23. The zero-order chi connectivity index (χ0) is 26.1. The van der Waals surface area contributed by atoms with Gasteiger partial charge in [0.15, 0.2) is 0 Å². The molecule has 5 heteroatoms. The van der Waals surface area contributed by atoms with Crippen molar-refractivity contribution in [3.63, 3.8) is 0 Å². The molecule has 4 aliphatic rings. The van der Waals surface area contributed by atoms with E-state index < -0.39 is 0 Å². The van der Waals surface area contributed by atoms with Crippen molar-refractivity contribution in [3.05, 3.63) is 35.5 Å². The van der Waals surface area contributed by atoms with Gasteiger partial charge in [-0.05, 0) is 123 Å². The lowest BCUT2D eigenvalue weighted by atomic mass is 9.43. The van der Waals surface area contributed by atoms with Crippen LogP contribution in [0.5, 0.6) is 0 Å². The molecule has 1 aromatic carbocycles. The third kappa shape index (κ3) is 4.06. The second-order valence-corrected chi connectivity index (χ2v) is 13.9. The summed E-state index contributed by atoms with van der Waals surface area (Å²) in [4.78, 5) is 9.21. The molecule has 4 saturated carbocycles. The zero-order valence-corrected chi connectivity index (χ0v) is 23.1. The minimum absolute atomic E-state index is 0.179. The molecule has 10 atom stereocenters. The van der Waals surface area contributed by atoms with Crippen LogP contribution in [0, 0.1) is 59.1 Å². The molecule has 0 radical (unpaired) electrons. The molecule has 1 aromatic heterocycles. The largest absolute Gasteiger partial charge is 0.393 e. The lowest BCUT2D eigenvalue weighted by molar-refractivity contribution is -0.174. The molecule has 2 aromatic rings. The molecule has 6 rings (SSSR count). The number of aryl methyl sites for hydroxylation is 2. The third-order valence-electron chi connectivity index (χ3n) is 12.2. The lowest BCUT2D eigenvalue weighted by Gasteiger charge is -2.62. The smallest absolute Gasteiger partial charge is 0.137 e. The Kier molecular flexibility index (Phi) is 6.42. The summed E-state index contributed by atoms with van der Waals surface area (Å²) in [6, 6.07) is 3.70. The van der Waals surface area contributed by atoms with Crippen LogP contribution in [0.3, 0.4) is 0 Å². The van der Waals surface area contributed by atoms with Crippen molar-refractivity contribution >= 4 is 10.9 Å². The molecule has 4 fully saturated rings.